The van der Waals surface area contributed by atoms with E-state index in [0.29, 0.717) is 11.3 Å². The van der Waals surface area contributed by atoms with E-state index in [9.17, 15) is 0 Å². The van der Waals surface area contributed by atoms with Gasteiger partial charge in [0.2, 0.25) is 0 Å². The summed E-state index contributed by atoms with van der Waals surface area (Å²) in [5.41, 5.74) is 6.94. The molecular weight excluding hydrogens is 426 g/mol. The van der Waals surface area contributed by atoms with Crippen LogP contribution in [-0.2, 0) is 0 Å². The fraction of sp³-hybridized carbons (Fsp3) is 0.519. The fourth-order valence-electron chi connectivity index (χ4n) is 6.18. The Morgan fingerprint density at radius 1 is 1.03 bits per heavy atom. The number of aryl methyl sites for hydroxylation is 2. The number of fused-ring (bicyclic) bond motifs is 3. The van der Waals surface area contributed by atoms with Crippen LogP contribution in [0, 0.1) is 26.2 Å². The Morgan fingerprint density at radius 3 is 2.48 bits per heavy atom. The molecule has 2 fully saturated rings. The first-order valence-corrected chi connectivity index (χ1v) is 13.2. The molecule has 1 N–H and O–H groups in total. The van der Waals surface area contributed by atoms with Crippen molar-refractivity contribution in [3.05, 3.63) is 63.0 Å². The van der Waals surface area contributed by atoms with Crippen molar-refractivity contribution < 1.29 is 0 Å². The minimum atomic E-state index is -0.0327. The van der Waals surface area contributed by atoms with E-state index in [-0.39, 0.29) is 6.04 Å². The van der Waals surface area contributed by atoms with Gasteiger partial charge in [-0.1, -0.05) is 24.3 Å². The Labute approximate surface area is 200 Å². The maximum Gasteiger partial charge on any atom is 0.162 e. The van der Waals surface area contributed by atoms with Gasteiger partial charge in [-0.25, -0.2) is 0 Å². The zero-order chi connectivity index (χ0) is 22.7. The average Bonchev–Trinajstić information content (AvgIpc) is 3.49. The molecule has 3 aliphatic rings. The van der Waals surface area contributed by atoms with Crippen LogP contribution in [0.4, 0.5) is 0 Å². The lowest BCUT2D eigenvalue weighted by molar-refractivity contribution is 0.199. The summed E-state index contributed by atoms with van der Waals surface area (Å²) >= 11 is 1.82. The van der Waals surface area contributed by atoms with E-state index in [0.717, 1.165) is 17.4 Å². The van der Waals surface area contributed by atoms with Gasteiger partial charge in [0.15, 0.2) is 5.82 Å². The number of hydrogen-bond donors (Lipinski definition) is 1. The number of nitrogens with zero attached hydrogens (tertiary/aromatic N) is 4. The predicted octanol–water partition coefficient (Wildman–Crippen LogP) is 5.80. The smallest absolute Gasteiger partial charge is 0.162 e. The van der Waals surface area contributed by atoms with Gasteiger partial charge >= 0.3 is 0 Å². The molecule has 2 aliphatic heterocycles. The number of aliphatic imine (C=N–C) groups is 1. The van der Waals surface area contributed by atoms with Gasteiger partial charge in [0, 0.05) is 22.5 Å². The molecule has 3 aromatic rings. The van der Waals surface area contributed by atoms with Gasteiger partial charge in [-0.05, 0) is 88.8 Å². The number of nitrogens with one attached hydrogen (secondary N) is 1. The van der Waals surface area contributed by atoms with Crippen molar-refractivity contribution in [2.75, 3.05) is 13.1 Å². The Balaban J connectivity index is 1.33. The fourth-order valence-corrected chi connectivity index (χ4v) is 7.39. The Kier molecular flexibility index (Phi) is 5.07. The molecule has 1 aliphatic carbocycles. The Bertz CT molecular complexity index is 1220. The van der Waals surface area contributed by atoms with E-state index >= 15 is 0 Å². The van der Waals surface area contributed by atoms with Crippen LogP contribution < -0.4 is 5.32 Å². The molecule has 2 aromatic heterocycles. The number of hydrogen-bond acceptors (Lipinski definition) is 5. The number of rotatable bonds is 2. The van der Waals surface area contributed by atoms with Crippen LogP contribution in [0.25, 0.3) is 5.00 Å². The van der Waals surface area contributed by atoms with E-state index in [1.807, 2.05) is 18.3 Å². The van der Waals surface area contributed by atoms with Crippen molar-refractivity contribution in [3.63, 3.8) is 0 Å². The zero-order valence-electron chi connectivity index (χ0n) is 20.1. The van der Waals surface area contributed by atoms with Crippen LogP contribution in [-0.4, -0.2) is 33.6 Å². The SMILES string of the molecule is Cc1sc2c(c1C)C(c1ccc(C3CCC4(CCNC4)CC3)cc1)=N[C@@H](C)c1nnc(C)n1-2. The molecule has 1 spiro atoms. The lowest BCUT2D eigenvalue weighted by atomic mass is 9.68. The van der Waals surface area contributed by atoms with Crippen LogP contribution >= 0.6 is 11.3 Å². The van der Waals surface area contributed by atoms with Crippen LogP contribution in [0.15, 0.2) is 29.3 Å². The van der Waals surface area contributed by atoms with Gasteiger partial charge < -0.3 is 5.32 Å². The van der Waals surface area contributed by atoms with Gasteiger partial charge in [0.1, 0.15) is 16.9 Å². The normalized spacial score (nSPS) is 26.7. The van der Waals surface area contributed by atoms with E-state index in [4.69, 9.17) is 4.99 Å². The third-order valence-corrected chi connectivity index (χ3v) is 9.58. The molecule has 1 saturated carbocycles. The lowest BCUT2D eigenvalue weighted by Crippen LogP contribution is -2.29. The summed E-state index contributed by atoms with van der Waals surface area (Å²) in [7, 11) is 0. The molecule has 1 saturated heterocycles. The van der Waals surface area contributed by atoms with E-state index in [1.165, 1.54) is 77.3 Å². The summed E-state index contributed by atoms with van der Waals surface area (Å²) in [6.07, 6.45) is 6.74. The zero-order valence-corrected chi connectivity index (χ0v) is 20.9. The van der Waals surface area contributed by atoms with E-state index in [2.05, 4.69) is 65.1 Å². The second-order valence-corrected chi connectivity index (χ2v) is 11.6. The summed E-state index contributed by atoms with van der Waals surface area (Å²) in [5.74, 6) is 2.55. The first kappa shape index (κ1) is 21.2. The van der Waals surface area contributed by atoms with Crippen LogP contribution in [0.1, 0.15) is 89.8 Å². The molecule has 4 heterocycles. The van der Waals surface area contributed by atoms with Gasteiger partial charge in [-0.2, -0.15) is 0 Å². The van der Waals surface area contributed by atoms with Crippen molar-refractivity contribution in [3.8, 4) is 5.00 Å². The van der Waals surface area contributed by atoms with Crippen molar-refractivity contribution in [1.29, 1.82) is 0 Å². The Morgan fingerprint density at radius 2 is 1.79 bits per heavy atom. The minimum absolute atomic E-state index is 0.0327. The Hall–Kier alpha value is -2.31. The summed E-state index contributed by atoms with van der Waals surface area (Å²) in [5, 5.41) is 13.6. The number of aromatic nitrogens is 3. The maximum atomic E-state index is 5.20. The predicted molar refractivity (Wildman–Crippen MR) is 135 cm³/mol. The van der Waals surface area contributed by atoms with Crippen LogP contribution in [0.2, 0.25) is 0 Å². The monoisotopic (exact) mass is 459 g/mol. The number of benzene rings is 1. The summed E-state index contributed by atoms with van der Waals surface area (Å²) in [4.78, 5) is 6.53. The van der Waals surface area contributed by atoms with Crippen LogP contribution in [0.3, 0.4) is 0 Å². The molecule has 172 valence electrons. The van der Waals surface area contributed by atoms with E-state index in [1.54, 1.807) is 0 Å². The highest BCUT2D eigenvalue weighted by Crippen LogP contribution is 2.46. The summed E-state index contributed by atoms with van der Waals surface area (Å²) < 4.78 is 2.21. The lowest BCUT2D eigenvalue weighted by Gasteiger charge is -2.37. The average molecular weight is 460 g/mol. The van der Waals surface area contributed by atoms with Crippen LogP contribution in [0.5, 0.6) is 0 Å². The van der Waals surface area contributed by atoms with Gasteiger partial charge in [0.25, 0.3) is 0 Å². The van der Waals surface area contributed by atoms with Gasteiger partial charge in [-0.3, -0.25) is 9.56 Å². The minimum Gasteiger partial charge on any atom is -0.316 e. The van der Waals surface area contributed by atoms with Crippen molar-refractivity contribution in [2.45, 2.75) is 71.8 Å². The molecule has 33 heavy (non-hydrogen) atoms. The molecular formula is C27H33N5S. The number of thiophene rings is 1. The first-order valence-electron chi connectivity index (χ1n) is 12.4. The molecule has 6 rings (SSSR count). The van der Waals surface area contributed by atoms with Crippen molar-refractivity contribution in [1.82, 2.24) is 20.1 Å². The molecule has 1 aromatic carbocycles. The van der Waals surface area contributed by atoms with Gasteiger partial charge in [0.05, 0.1) is 5.71 Å². The van der Waals surface area contributed by atoms with E-state index < -0.39 is 0 Å². The van der Waals surface area contributed by atoms with Crippen molar-refractivity contribution in [2.24, 2.45) is 10.4 Å². The second-order valence-electron chi connectivity index (χ2n) is 10.4. The summed E-state index contributed by atoms with van der Waals surface area (Å²) in [6.45, 7) is 11.0. The van der Waals surface area contributed by atoms with Crippen molar-refractivity contribution >= 4 is 17.0 Å². The standard InChI is InChI=1S/C27H33N5S/c1-16-18(3)33-26-23(16)24(29-17(2)25-31-30-19(4)32(25)26)22-7-5-20(6-8-22)21-9-11-27(12-10-21)13-14-28-15-27/h5-8,17,21,28H,9-15H2,1-4H3/t17-,21?,27?/m0/s1. The molecule has 0 unspecified atom stereocenters. The molecule has 6 heteroatoms. The maximum absolute atomic E-state index is 5.20. The highest BCUT2D eigenvalue weighted by molar-refractivity contribution is 7.15. The molecule has 0 radical (unpaired) electrons. The molecule has 0 bridgehead atoms. The molecule has 0 amide bonds. The van der Waals surface area contributed by atoms with Gasteiger partial charge in [-0.15, -0.1) is 21.5 Å². The molecule has 5 nitrogen and oxygen atoms in total. The third-order valence-electron chi connectivity index (χ3n) is 8.39. The second kappa shape index (κ2) is 7.88. The summed E-state index contributed by atoms with van der Waals surface area (Å²) in [6, 6.07) is 9.30. The highest BCUT2D eigenvalue weighted by atomic mass is 32.1. The topological polar surface area (TPSA) is 55.1 Å². The first-order chi connectivity index (χ1) is 16.0. The third kappa shape index (κ3) is 3.41. The quantitative estimate of drug-likeness (QED) is 0.527. The largest absolute Gasteiger partial charge is 0.316 e. The highest BCUT2D eigenvalue weighted by Gasteiger charge is 2.38. The molecule has 1 atom stereocenters.